The SMILES string of the molecule is CCC1CCCN1S(=O)(=O)c1cc(N)cc(C)c1C. The molecule has 1 atom stereocenters. The van der Waals surface area contributed by atoms with Gasteiger partial charge in [0.1, 0.15) is 0 Å². The molecule has 1 aliphatic rings. The molecule has 1 aliphatic heterocycles. The second-order valence-electron chi connectivity index (χ2n) is 5.28. The van der Waals surface area contributed by atoms with Gasteiger partial charge < -0.3 is 5.73 Å². The molecule has 1 saturated heterocycles. The molecule has 0 aromatic heterocycles. The van der Waals surface area contributed by atoms with Gasteiger partial charge in [0.15, 0.2) is 0 Å². The van der Waals surface area contributed by atoms with Crippen LogP contribution in [-0.4, -0.2) is 25.3 Å². The quantitative estimate of drug-likeness (QED) is 0.866. The van der Waals surface area contributed by atoms with Crippen molar-refractivity contribution in [3.05, 3.63) is 23.3 Å². The van der Waals surface area contributed by atoms with E-state index in [-0.39, 0.29) is 6.04 Å². The first-order valence-corrected chi connectivity index (χ1v) is 8.20. The van der Waals surface area contributed by atoms with Crippen LogP contribution in [0.4, 0.5) is 5.69 Å². The largest absolute Gasteiger partial charge is 0.399 e. The van der Waals surface area contributed by atoms with Gasteiger partial charge in [0.25, 0.3) is 0 Å². The number of hydrogen-bond donors (Lipinski definition) is 1. The van der Waals surface area contributed by atoms with Crippen molar-refractivity contribution in [1.82, 2.24) is 4.31 Å². The third-order valence-corrected chi connectivity index (χ3v) is 6.10. The first-order chi connectivity index (χ1) is 8.87. The topological polar surface area (TPSA) is 63.4 Å². The van der Waals surface area contributed by atoms with Crippen LogP contribution in [-0.2, 0) is 10.0 Å². The Kier molecular flexibility index (Phi) is 3.87. The molecule has 1 aromatic carbocycles. The zero-order valence-corrected chi connectivity index (χ0v) is 12.6. The fourth-order valence-corrected chi connectivity index (χ4v) is 4.88. The molecule has 5 heteroatoms. The number of anilines is 1. The highest BCUT2D eigenvalue weighted by Crippen LogP contribution is 2.31. The van der Waals surface area contributed by atoms with E-state index in [1.54, 1.807) is 10.4 Å². The van der Waals surface area contributed by atoms with Gasteiger partial charge in [0.05, 0.1) is 4.90 Å². The van der Waals surface area contributed by atoms with Crippen LogP contribution in [0.15, 0.2) is 17.0 Å². The van der Waals surface area contributed by atoms with E-state index in [9.17, 15) is 8.42 Å². The van der Waals surface area contributed by atoms with Gasteiger partial charge in [-0.15, -0.1) is 0 Å². The highest BCUT2D eigenvalue weighted by molar-refractivity contribution is 7.89. The standard InChI is InChI=1S/C14H22N2O2S/c1-4-13-6-5-7-16(13)19(17,18)14-9-12(15)8-10(2)11(14)3/h8-9,13H,4-7,15H2,1-3H3. The summed E-state index contributed by atoms with van der Waals surface area (Å²) in [6.07, 6.45) is 2.76. The van der Waals surface area contributed by atoms with E-state index < -0.39 is 10.0 Å². The minimum atomic E-state index is -3.42. The molecule has 4 nitrogen and oxygen atoms in total. The third-order valence-electron chi connectivity index (χ3n) is 4.02. The van der Waals surface area contributed by atoms with Gasteiger partial charge in [0.2, 0.25) is 10.0 Å². The molecule has 19 heavy (non-hydrogen) atoms. The first-order valence-electron chi connectivity index (χ1n) is 6.76. The number of rotatable bonds is 3. The lowest BCUT2D eigenvalue weighted by molar-refractivity contribution is 0.379. The predicted molar refractivity (Wildman–Crippen MR) is 77.5 cm³/mol. The Morgan fingerprint density at radius 3 is 2.68 bits per heavy atom. The summed E-state index contributed by atoms with van der Waals surface area (Å²) in [4.78, 5) is 0.366. The monoisotopic (exact) mass is 282 g/mol. The van der Waals surface area contributed by atoms with Crippen LogP contribution in [0, 0.1) is 13.8 Å². The van der Waals surface area contributed by atoms with Crippen molar-refractivity contribution in [2.45, 2.75) is 51.0 Å². The molecule has 0 aliphatic carbocycles. The second-order valence-corrected chi connectivity index (χ2v) is 7.14. The summed E-state index contributed by atoms with van der Waals surface area (Å²) in [7, 11) is -3.42. The second kappa shape index (κ2) is 5.13. The molecule has 1 heterocycles. The Balaban J connectivity index is 2.51. The van der Waals surface area contributed by atoms with E-state index in [1.807, 2.05) is 26.8 Å². The Hall–Kier alpha value is -1.07. The molecule has 0 saturated carbocycles. The first kappa shape index (κ1) is 14.3. The fourth-order valence-electron chi connectivity index (χ4n) is 2.78. The molecule has 0 bridgehead atoms. The lowest BCUT2D eigenvalue weighted by atomic mass is 10.1. The molecule has 106 valence electrons. The van der Waals surface area contributed by atoms with Crippen molar-refractivity contribution in [2.75, 3.05) is 12.3 Å². The maximum Gasteiger partial charge on any atom is 0.243 e. The Morgan fingerprint density at radius 1 is 1.37 bits per heavy atom. The Bertz CT molecular complexity index is 581. The summed E-state index contributed by atoms with van der Waals surface area (Å²) in [6.45, 7) is 6.40. The molecule has 1 unspecified atom stereocenters. The van der Waals surface area contributed by atoms with E-state index >= 15 is 0 Å². The third kappa shape index (κ3) is 2.49. The Morgan fingerprint density at radius 2 is 2.05 bits per heavy atom. The molecule has 2 rings (SSSR count). The molecular weight excluding hydrogens is 260 g/mol. The van der Waals surface area contributed by atoms with E-state index in [1.165, 1.54) is 0 Å². The maximum absolute atomic E-state index is 12.8. The van der Waals surface area contributed by atoms with Gasteiger partial charge in [-0.2, -0.15) is 4.31 Å². The van der Waals surface area contributed by atoms with E-state index in [4.69, 9.17) is 5.73 Å². The number of benzene rings is 1. The van der Waals surface area contributed by atoms with Gasteiger partial charge in [-0.3, -0.25) is 0 Å². The predicted octanol–water partition coefficient (Wildman–Crippen LogP) is 2.45. The average Bonchev–Trinajstić information content (AvgIpc) is 2.82. The van der Waals surface area contributed by atoms with Crippen molar-refractivity contribution in [3.8, 4) is 0 Å². The highest BCUT2D eigenvalue weighted by atomic mass is 32.2. The van der Waals surface area contributed by atoms with Crippen LogP contribution >= 0.6 is 0 Å². The van der Waals surface area contributed by atoms with Crippen molar-refractivity contribution < 1.29 is 8.42 Å². The number of aryl methyl sites for hydroxylation is 1. The van der Waals surface area contributed by atoms with Gasteiger partial charge in [0, 0.05) is 18.3 Å². The van der Waals surface area contributed by atoms with E-state index in [2.05, 4.69) is 0 Å². The van der Waals surface area contributed by atoms with Crippen LogP contribution in [0.5, 0.6) is 0 Å². The summed E-state index contributed by atoms with van der Waals surface area (Å²) in [5.74, 6) is 0. The minimum absolute atomic E-state index is 0.131. The molecular formula is C14H22N2O2S. The van der Waals surface area contributed by atoms with Gasteiger partial charge in [-0.05, 0) is 56.4 Å². The average molecular weight is 282 g/mol. The van der Waals surface area contributed by atoms with E-state index in [0.29, 0.717) is 17.1 Å². The van der Waals surface area contributed by atoms with Gasteiger partial charge in [-0.25, -0.2) is 8.42 Å². The lowest BCUT2D eigenvalue weighted by Crippen LogP contribution is -2.35. The van der Waals surface area contributed by atoms with Crippen LogP contribution in [0.1, 0.15) is 37.3 Å². The van der Waals surface area contributed by atoms with Crippen LogP contribution in [0.3, 0.4) is 0 Å². The molecule has 1 fully saturated rings. The molecule has 1 aromatic rings. The summed E-state index contributed by atoms with van der Waals surface area (Å²) in [5.41, 5.74) is 8.04. The highest BCUT2D eigenvalue weighted by Gasteiger charge is 2.35. The number of sulfonamides is 1. The number of nitrogens with zero attached hydrogens (tertiary/aromatic N) is 1. The molecule has 0 radical (unpaired) electrons. The van der Waals surface area contributed by atoms with Crippen LogP contribution < -0.4 is 5.73 Å². The Labute approximate surface area is 115 Å². The number of hydrogen-bond acceptors (Lipinski definition) is 3. The minimum Gasteiger partial charge on any atom is -0.399 e. The van der Waals surface area contributed by atoms with Crippen LogP contribution in [0.25, 0.3) is 0 Å². The summed E-state index contributed by atoms with van der Waals surface area (Å²) < 4.78 is 27.2. The van der Waals surface area contributed by atoms with Crippen molar-refractivity contribution in [3.63, 3.8) is 0 Å². The van der Waals surface area contributed by atoms with Crippen molar-refractivity contribution in [2.24, 2.45) is 0 Å². The van der Waals surface area contributed by atoms with E-state index in [0.717, 1.165) is 30.4 Å². The number of nitrogens with two attached hydrogens (primary N) is 1. The fraction of sp³-hybridized carbons (Fsp3) is 0.571. The maximum atomic E-state index is 12.8. The zero-order chi connectivity index (χ0) is 14.2. The zero-order valence-electron chi connectivity index (χ0n) is 11.8. The summed E-state index contributed by atoms with van der Waals surface area (Å²) >= 11 is 0. The van der Waals surface area contributed by atoms with Crippen molar-refractivity contribution in [1.29, 1.82) is 0 Å². The van der Waals surface area contributed by atoms with Gasteiger partial charge >= 0.3 is 0 Å². The van der Waals surface area contributed by atoms with Gasteiger partial charge in [-0.1, -0.05) is 6.92 Å². The van der Waals surface area contributed by atoms with Crippen molar-refractivity contribution >= 4 is 15.7 Å². The molecule has 2 N–H and O–H groups in total. The normalized spacial score (nSPS) is 20.9. The summed E-state index contributed by atoms with van der Waals surface area (Å²) in [5, 5.41) is 0. The molecule has 0 spiro atoms. The lowest BCUT2D eigenvalue weighted by Gasteiger charge is -2.24. The summed E-state index contributed by atoms with van der Waals surface area (Å²) in [6, 6.07) is 3.53. The number of nitrogen functional groups attached to an aromatic ring is 1. The molecule has 0 amide bonds. The smallest absolute Gasteiger partial charge is 0.243 e. The van der Waals surface area contributed by atoms with Crippen LogP contribution in [0.2, 0.25) is 0 Å².